The molecular formula is C15H19N3O2S2. The number of fused-ring (bicyclic) bond motifs is 1. The number of aromatic amines is 1. The average molecular weight is 337 g/mol. The van der Waals surface area contributed by atoms with E-state index in [-0.39, 0.29) is 11.3 Å². The zero-order valence-corrected chi connectivity index (χ0v) is 14.4. The molecule has 22 heavy (non-hydrogen) atoms. The summed E-state index contributed by atoms with van der Waals surface area (Å²) in [5.74, 6) is 0.528. The zero-order valence-electron chi connectivity index (χ0n) is 12.8. The Labute approximate surface area is 137 Å². The van der Waals surface area contributed by atoms with Gasteiger partial charge in [-0.15, -0.1) is 11.3 Å². The quantitative estimate of drug-likeness (QED) is 0.875. The number of aryl methyl sites for hydroxylation is 1. The second kappa shape index (κ2) is 6.42. The van der Waals surface area contributed by atoms with Crippen LogP contribution in [0, 0.1) is 13.8 Å². The molecule has 1 N–H and O–H groups in total. The van der Waals surface area contributed by atoms with Gasteiger partial charge < -0.3 is 9.88 Å². The van der Waals surface area contributed by atoms with Gasteiger partial charge in [-0.3, -0.25) is 9.59 Å². The molecule has 1 aliphatic heterocycles. The van der Waals surface area contributed by atoms with Crippen LogP contribution in [0.1, 0.15) is 29.7 Å². The standard InChI is InChI=1S/C15H19N3O2S2/c1-9-10(2)22-14-12(13(9)20)16-15(17-14)21-8-11(19)18-6-4-3-5-7-18/h3-8H2,1-2H3,(H,16,17). The Hall–Kier alpha value is -1.34. The molecule has 0 aromatic carbocycles. The number of hydrogen-bond acceptors (Lipinski definition) is 5. The summed E-state index contributed by atoms with van der Waals surface area (Å²) in [7, 11) is 0. The van der Waals surface area contributed by atoms with Crippen molar-refractivity contribution in [2.24, 2.45) is 0 Å². The van der Waals surface area contributed by atoms with E-state index >= 15 is 0 Å². The number of carbonyl (C=O) groups excluding carboxylic acids is 1. The first-order valence-electron chi connectivity index (χ1n) is 7.47. The van der Waals surface area contributed by atoms with Gasteiger partial charge in [-0.05, 0) is 33.1 Å². The van der Waals surface area contributed by atoms with E-state index in [9.17, 15) is 9.59 Å². The molecule has 1 saturated heterocycles. The number of rotatable bonds is 3. The molecule has 2 aromatic heterocycles. The molecule has 7 heteroatoms. The summed E-state index contributed by atoms with van der Waals surface area (Å²) in [4.78, 5) is 35.5. The van der Waals surface area contributed by atoms with E-state index in [1.807, 2.05) is 18.7 Å². The van der Waals surface area contributed by atoms with E-state index in [2.05, 4.69) is 9.97 Å². The van der Waals surface area contributed by atoms with Crippen LogP contribution in [0.15, 0.2) is 9.95 Å². The Kier molecular flexibility index (Phi) is 4.54. The largest absolute Gasteiger partial charge is 0.342 e. The molecule has 0 spiro atoms. The topological polar surface area (TPSA) is 66.1 Å². The van der Waals surface area contributed by atoms with Crippen molar-refractivity contribution in [2.45, 2.75) is 38.3 Å². The lowest BCUT2D eigenvalue weighted by molar-refractivity contribution is -0.129. The van der Waals surface area contributed by atoms with Crippen molar-refractivity contribution < 1.29 is 4.79 Å². The first-order valence-corrected chi connectivity index (χ1v) is 9.27. The highest BCUT2D eigenvalue weighted by Crippen LogP contribution is 2.24. The highest BCUT2D eigenvalue weighted by atomic mass is 32.2. The van der Waals surface area contributed by atoms with E-state index in [0.29, 0.717) is 16.4 Å². The maximum Gasteiger partial charge on any atom is 0.233 e. The molecule has 0 bridgehead atoms. The Morgan fingerprint density at radius 2 is 2.05 bits per heavy atom. The van der Waals surface area contributed by atoms with Crippen molar-refractivity contribution in [1.29, 1.82) is 0 Å². The third-order valence-corrected chi connectivity index (χ3v) is 5.99. The van der Waals surface area contributed by atoms with Gasteiger partial charge in [-0.2, -0.15) is 0 Å². The second-order valence-electron chi connectivity index (χ2n) is 5.56. The fourth-order valence-electron chi connectivity index (χ4n) is 2.57. The molecule has 0 unspecified atom stereocenters. The molecule has 0 atom stereocenters. The van der Waals surface area contributed by atoms with Crippen molar-refractivity contribution in [3.8, 4) is 0 Å². The van der Waals surface area contributed by atoms with Gasteiger partial charge in [0.05, 0.1) is 5.75 Å². The summed E-state index contributed by atoms with van der Waals surface area (Å²) in [6, 6.07) is 0. The van der Waals surface area contributed by atoms with Crippen LogP contribution in [0.25, 0.3) is 10.3 Å². The van der Waals surface area contributed by atoms with Gasteiger partial charge in [0.15, 0.2) is 5.16 Å². The maximum atomic E-state index is 12.2. The van der Waals surface area contributed by atoms with Crippen molar-refractivity contribution >= 4 is 39.4 Å². The fraction of sp³-hybridized carbons (Fsp3) is 0.533. The zero-order chi connectivity index (χ0) is 15.7. The average Bonchev–Trinajstić information content (AvgIpc) is 2.94. The predicted molar refractivity (Wildman–Crippen MR) is 90.9 cm³/mol. The predicted octanol–water partition coefficient (Wildman–Crippen LogP) is 2.71. The number of nitrogens with zero attached hydrogens (tertiary/aromatic N) is 2. The van der Waals surface area contributed by atoms with Crippen LogP contribution in [0.2, 0.25) is 0 Å². The number of aromatic nitrogens is 2. The van der Waals surface area contributed by atoms with Crippen molar-refractivity contribution in [2.75, 3.05) is 18.8 Å². The summed E-state index contributed by atoms with van der Waals surface area (Å²) >= 11 is 2.89. The summed E-state index contributed by atoms with van der Waals surface area (Å²) in [6.07, 6.45) is 3.41. The molecule has 5 nitrogen and oxygen atoms in total. The highest BCUT2D eigenvalue weighted by molar-refractivity contribution is 7.99. The summed E-state index contributed by atoms with van der Waals surface area (Å²) in [5, 5.41) is 0.652. The van der Waals surface area contributed by atoms with Gasteiger partial charge in [0.2, 0.25) is 11.3 Å². The van der Waals surface area contributed by atoms with Gasteiger partial charge in [-0.1, -0.05) is 11.8 Å². The molecule has 1 amide bonds. The van der Waals surface area contributed by atoms with E-state index in [1.165, 1.54) is 29.5 Å². The van der Waals surface area contributed by atoms with Gasteiger partial charge in [0.25, 0.3) is 0 Å². The number of thioether (sulfide) groups is 1. The molecule has 1 aliphatic rings. The van der Waals surface area contributed by atoms with Crippen LogP contribution >= 0.6 is 23.1 Å². The lowest BCUT2D eigenvalue weighted by Crippen LogP contribution is -2.36. The number of hydrogen-bond donors (Lipinski definition) is 1. The molecule has 3 heterocycles. The van der Waals surface area contributed by atoms with Crippen LogP contribution < -0.4 is 5.43 Å². The molecule has 1 fully saturated rings. The molecule has 0 aliphatic carbocycles. The van der Waals surface area contributed by atoms with Crippen molar-refractivity contribution in [3.63, 3.8) is 0 Å². The van der Waals surface area contributed by atoms with Crippen molar-refractivity contribution in [1.82, 2.24) is 14.9 Å². The van der Waals surface area contributed by atoms with E-state index < -0.39 is 0 Å². The van der Waals surface area contributed by atoms with Crippen LogP contribution in [0.5, 0.6) is 0 Å². The van der Waals surface area contributed by atoms with Crippen LogP contribution in [0.3, 0.4) is 0 Å². The second-order valence-corrected chi connectivity index (χ2v) is 7.73. The number of H-pyrrole nitrogens is 1. The SMILES string of the molecule is Cc1sc2nc(SCC(=O)N3CCCCC3)[nH]c2c(=O)c1C. The number of imidazole rings is 1. The van der Waals surface area contributed by atoms with Crippen LogP contribution in [0.4, 0.5) is 0 Å². The molecule has 2 aromatic rings. The third kappa shape index (κ3) is 3.05. The number of carbonyl (C=O) groups is 1. The minimum Gasteiger partial charge on any atom is -0.342 e. The molecule has 118 valence electrons. The summed E-state index contributed by atoms with van der Waals surface area (Å²) < 4.78 is 0. The minimum absolute atomic E-state index is 0.00737. The maximum absolute atomic E-state index is 12.2. The van der Waals surface area contributed by atoms with Gasteiger partial charge in [0, 0.05) is 23.5 Å². The van der Waals surface area contributed by atoms with Gasteiger partial charge in [-0.25, -0.2) is 4.98 Å². The van der Waals surface area contributed by atoms with Crippen LogP contribution in [-0.4, -0.2) is 39.6 Å². The third-order valence-electron chi connectivity index (χ3n) is 4.04. The minimum atomic E-state index is 0.00737. The van der Waals surface area contributed by atoms with Gasteiger partial charge >= 0.3 is 0 Å². The first kappa shape index (κ1) is 15.6. The van der Waals surface area contributed by atoms with E-state index in [1.54, 1.807) is 0 Å². The van der Waals surface area contributed by atoms with Crippen LogP contribution in [-0.2, 0) is 4.79 Å². The number of amides is 1. The van der Waals surface area contributed by atoms with Crippen molar-refractivity contribution in [3.05, 3.63) is 20.7 Å². The summed E-state index contributed by atoms with van der Waals surface area (Å²) in [5.41, 5.74) is 1.33. The van der Waals surface area contributed by atoms with Gasteiger partial charge in [0.1, 0.15) is 10.3 Å². The fourth-order valence-corrected chi connectivity index (χ4v) is 4.32. The smallest absolute Gasteiger partial charge is 0.233 e. The lowest BCUT2D eigenvalue weighted by atomic mass is 10.1. The Balaban J connectivity index is 1.73. The van der Waals surface area contributed by atoms with E-state index in [4.69, 9.17) is 0 Å². The lowest BCUT2D eigenvalue weighted by Gasteiger charge is -2.26. The number of nitrogens with one attached hydrogen (secondary N) is 1. The number of piperidine rings is 1. The highest BCUT2D eigenvalue weighted by Gasteiger charge is 2.18. The monoisotopic (exact) mass is 337 g/mol. The Morgan fingerprint density at radius 1 is 1.32 bits per heavy atom. The molecular weight excluding hydrogens is 318 g/mol. The summed E-state index contributed by atoms with van der Waals surface area (Å²) in [6.45, 7) is 5.50. The Bertz CT molecular complexity index is 760. The first-order chi connectivity index (χ1) is 10.6. The molecule has 0 radical (unpaired) electrons. The normalized spacial score (nSPS) is 15.5. The number of likely N-dealkylation sites (tertiary alicyclic amines) is 1. The van der Waals surface area contributed by atoms with E-state index in [0.717, 1.165) is 41.2 Å². The molecule has 3 rings (SSSR count). The molecule has 0 saturated carbocycles. The Morgan fingerprint density at radius 3 is 2.77 bits per heavy atom.